The summed E-state index contributed by atoms with van der Waals surface area (Å²) in [6, 6.07) is 4.24. The molecule has 12 heteroatoms. The smallest absolute Gasteiger partial charge is 0.548 e. The molecule has 2 aromatic rings. The summed E-state index contributed by atoms with van der Waals surface area (Å²) in [5.74, 6) is -4.24. The third-order valence-corrected chi connectivity index (χ3v) is 3.63. The van der Waals surface area contributed by atoms with Gasteiger partial charge in [-0.2, -0.15) is 0 Å². The van der Waals surface area contributed by atoms with Gasteiger partial charge in [0.25, 0.3) is 5.91 Å². The number of benzene rings is 1. The maximum absolute atomic E-state index is 12.0. The van der Waals surface area contributed by atoms with E-state index in [1.165, 1.54) is 36.8 Å². The van der Waals surface area contributed by atoms with Crippen molar-refractivity contribution in [2.75, 3.05) is 6.54 Å². The number of carboxylic acid groups (broad SMARTS) is 2. The molecule has 0 saturated heterocycles. The number of hydrogen-bond acceptors (Lipinski definition) is 7. The number of H-pyrrole nitrogens is 1. The van der Waals surface area contributed by atoms with Crippen LogP contribution in [0.5, 0.6) is 0 Å². The van der Waals surface area contributed by atoms with Gasteiger partial charge in [0.15, 0.2) is 0 Å². The molecule has 10 nitrogen and oxygen atoms in total. The number of nitrogens with zero attached hydrogens (tertiary/aromatic N) is 1. The second-order valence-electron chi connectivity index (χ2n) is 5.56. The molecule has 0 spiro atoms. The fraction of sp³-hybridized carbons (Fsp3) is 0.235. The van der Waals surface area contributed by atoms with E-state index in [2.05, 4.69) is 20.6 Å². The van der Waals surface area contributed by atoms with Crippen molar-refractivity contribution in [3.8, 4) is 0 Å². The van der Waals surface area contributed by atoms with E-state index >= 15 is 0 Å². The van der Waals surface area contributed by atoms with Gasteiger partial charge in [-0.1, -0.05) is 18.2 Å². The summed E-state index contributed by atoms with van der Waals surface area (Å²) in [5, 5.41) is 26.8. The van der Waals surface area contributed by atoms with Gasteiger partial charge in [-0.05, 0) is 6.07 Å². The zero-order valence-corrected chi connectivity index (χ0v) is 20.1. The normalized spacial score (nSPS) is 10.6. The molecule has 0 aliphatic heterocycles. The van der Waals surface area contributed by atoms with Crippen LogP contribution in [-0.2, 0) is 16.0 Å². The van der Waals surface area contributed by atoms with Crippen LogP contribution in [0.15, 0.2) is 36.8 Å². The molecule has 0 bridgehead atoms. The predicted octanol–water partition coefficient (Wildman–Crippen LogP) is -8.62. The molecule has 0 aliphatic rings. The van der Waals surface area contributed by atoms with Crippen LogP contribution < -0.4 is 80.0 Å². The quantitative estimate of drug-likeness (QED) is 0.340. The van der Waals surface area contributed by atoms with E-state index < -0.39 is 29.8 Å². The Kier molecular flexibility index (Phi) is 12.7. The number of carboxylic acids is 2. The predicted molar refractivity (Wildman–Crippen MR) is 87.0 cm³/mol. The fourth-order valence-electron chi connectivity index (χ4n) is 2.32. The van der Waals surface area contributed by atoms with E-state index in [4.69, 9.17) is 0 Å². The molecule has 29 heavy (non-hydrogen) atoms. The number of aromatic nitrogens is 2. The average molecular weight is 418 g/mol. The summed E-state index contributed by atoms with van der Waals surface area (Å²) in [6.45, 7) is -0.115. The van der Waals surface area contributed by atoms with E-state index in [0.29, 0.717) is 5.69 Å². The third kappa shape index (κ3) is 8.69. The molecule has 142 valence electrons. The summed E-state index contributed by atoms with van der Waals surface area (Å²) in [7, 11) is 0. The second kappa shape index (κ2) is 13.5. The minimum absolute atomic E-state index is 0. The Morgan fingerprint density at radius 3 is 2.28 bits per heavy atom. The van der Waals surface area contributed by atoms with Gasteiger partial charge in [0.2, 0.25) is 5.91 Å². The third-order valence-electron chi connectivity index (χ3n) is 3.63. The molecule has 0 unspecified atom stereocenters. The number of aliphatic carboxylic acids is 1. The number of carbonyl (C=O) groups is 4. The van der Waals surface area contributed by atoms with Crippen LogP contribution in [0.2, 0.25) is 0 Å². The van der Waals surface area contributed by atoms with Crippen LogP contribution >= 0.6 is 0 Å². The van der Waals surface area contributed by atoms with Crippen LogP contribution in [0, 0.1) is 0 Å². The summed E-state index contributed by atoms with van der Waals surface area (Å²) in [4.78, 5) is 52.6. The molecule has 0 radical (unpaired) electrons. The number of amides is 2. The van der Waals surface area contributed by atoms with Gasteiger partial charge in [-0.3, -0.25) is 9.59 Å². The number of nitrogens with one attached hydrogen (secondary N) is 3. The van der Waals surface area contributed by atoms with Crippen molar-refractivity contribution in [2.24, 2.45) is 0 Å². The van der Waals surface area contributed by atoms with Crippen molar-refractivity contribution in [3.05, 3.63) is 53.6 Å². The summed E-state index contributed by atoms with van der Waals surface area (Å²) >= 11 is 0. The first kappa shape index (κ1) is 27.3. The molecule has 1 atom stereocenters. The minimum Gasteiger partial charge on any atom is -0.548 e. The van der Waals surface area contributed by atoms with Crippen molar-refractivity contribution in [2.45, 2.75) is 18.9 Å². The van der Waals surface area contributed by atoms with Crippen LogP contribution in [-0.4, -0.2) is 46.3 Å². The Labute approximate surface area is 210 Å². The molecule has 3 N–H and O–H groups in total. The number of carbonyl (C=O) groups excluding carboxylic acids is 4. The van der Waals surface area contributed by atoms with Crippen LogP contribution in [0.25, 0.3) is 0 Å². The summed E-state index contributed by atoms with van der Waals surface area (Å²) in [6.07, 6.45) is 2.58. The molecule has 1 aromatic carbocycles. The molecule has 0 saturated carbocycles. The monoisotopic (exact) mass is 418 g/mol. The largest absolute Gasteiger partial charge is 1.00 e. The van der Waals surface area contributed by atoms with E-state index in [1.54, 1.807) is 0 Å². The second-order valence-corrected chi connectivity index (χ2v) is 5.56. The topological polar surface area (TPSA) is 167 Å². The molecular formula is C17H16N4Na2O6. The van der Waals surface area contributed by atoms with Gasteiger partial charge in [-0.15, -0.1) is 0 Å². The van der Waals surface area contributed by atoms with Gasteiger partial charge in [0, 0.05) is 42.4 Å². The average Bonchev–Trinajstić information content (AvgIpc) is 3.14. The fourth-order valence-corrected chi connectivity index (χ4v) is 2.32. The zero-order chi connectivity index (χ0) is 19.8. The molecule has 0 aliphatic carbocycles. The Bertz CT molecular complexity index is 844. The van der Waals surface area contributed by atoms with E-state index in [1.807, 2.05) is 0 Å². The summed E-state index contributed by atoms with van der Waals surface area (Å²) < 4.78 is 0. The van der Waals surface area contributed by atoms with Gasteiger partial charge in [0.05, 0.1) is 24.3 Å². The molecule has 0 fully saturated rings. The number of imidazole rings is 1. The maximum Gasteiger partial charge on any atom is 1.00 e. The minimum atomic E-state index is -1.49. The molecule has 2 amide bonds. The van der Waals surface area contributed by atoms with Crippen LogP contribution in [0.3, 0.4) is 0 Å². The number of aromatic amines is 1. The van der Waals surface area contributed by atoms with E-state index in [9.17, 15) is 29.4 Å². The van der Waals surface area contributed by atoms with Crippen molar-refractivity contribution in [3.63, 3.8) is 0 Å². The SMILES string of the molecule is O=C(CCNC(=O)c1ccccc1C(=O)[O-])N[C@H](Cc1cnc[nH]1)C(=O)[O-].[Na+].[Na+]. The van der Waals surface area contributed by atoms with Gasteiger partial charge < -0.3 is 35.4 Å². The number of aromatic carboxylic acids is 1. The Hall–Kier alpha value is -1.69. The number of rotatable bonds is 9. The first-order chi connectivity index (χ1) is 12.9. The van der Waals surface area contributed by atoms with Crippen molar-refractivity contribution in [1.29, 1.82) is 0 Å². The molecule has 2 rings (SSSR count). The van der Waals surface area contributed by atoms with E-state index in [0.717, 1.165) is 0 Å². The Morgan fingerprint density at radius 1 is 1.07 bits per heavy atom. The van der Waals surface area contributed by atoms with Crippen LogP contribution in [0.4, 0.5) is 0 Å². The first-order valence-electron chi connectivity index (χ1n) is 7.94. The van der Waals surface area contributed by atoms with Gasteiger partial charge in [-0.25, -0.2) is 4.98 Å². The molecule has 1 heterocycles. The Balaban J connectivity index is 0.00000392. The maximum atomic E-state index is 12.0. The van der Waals surface area contributed by atoms with Gasteiger partial charge in [0.1, 0.15) is 0 Å². The van der Waals surface area contributed by atoms with Crippen molar-refractivity contribution in [1.82, 2.24) is 20.6 Å². The van der Waals surface area contributed by atoms with Crippen molar-refractivity contribution < 1.29 is 88.5 Å². The first-order valence-corrected chi connectivity index (χ1v) is 7.94. The zero-order valence-electron chi connectivity index (χ0n) is 16.1. The summed E-state index contributed by atoms with van der Waals surface area (Å²) in [5.41, 5.74) is 0.150. The standard InChI is InChI=1S/C17H18N4O6.2Na/c22-14(21-13(17(26)27)7-10-8-18-9-20-10)5-6-19-15(23)11-3-1-2-4-12(11)16(24)25;;/h1-4,8-9,13H,5-7H2,(H,18,20)(H,19,23)(H,21,22)(H,24,25)(H,26,27);;/q;2*+1/p-2/t13-;;/m1../s1. The number of hydrogen-bond donors (Lipinski definition) is 3. The Morgan fingerprint density at radius 2 is 1.72 bits per heavy atom. The van der Waals surface area contributed by atoms with Crippen molar-refractivity contribution >= 4 is 23.8 Å². The molecule has 1 aromatic heterocycles. The molecular weight excluding hydrogens is 402 g/mol. The van der Waals surface area contributed by atoms with E-state index in [-0.39, 0.29) is 89.6 Å². The van der Waals surface area contributed by atoms with Gasteiger partial charge >= 0.3 is 59.1 Å². The van der Waals surface area contributed by atoms with Crippen LogP contribution in [0.1, 0.15) is 32.8 Å².